The van der Waals surface area contributed by atoms with Crippen molar-refractivity contribution in [1.82, 2.24) is 10.3 Å². The third-order valence-corrected chi connectivity index (χ3v) is 4.11. The van der Waals surface area contributed by atoms with E-state index in [0.29, 0.717) is 12.0 Å². The predicted molar refractivity (Wildman–Crippen MR) is 72.2 cm³/mol. The van der Waals surface area contributed by atoms with Crippen molar-refractivity contribution < 1.29 is 9.90 Å². The molecule has 1 aliphatic rings. The maximum Gasteiger partial charge on any atom is 0.261 e. The standard InChI is InChI=1S/C14H20N2O3/c1-7-5-8(2)15-12(18)11(7)13(19)16-9-6-10(17)14(9,3)4/h5,9-10,17H,6H2,1-4H3,(H,15,18)(H,16,19). The Morgan fingerprint density at radius 3 is 2.58 bits per heavy atom. The molecule has 0 radical (unpaired) electrons. The SMILES string of the molecule is Cc1cc(C)c(C(=O)NC2CC(O)C2(C)C)c(=O)[nH]1. The molecule has 0 saturated heterocycles. The van der Waals surface area contributed by atoms with E-state index in [1.807, 2.05) is 13.8 Å². The molecule has 2 atom stereocenters. The lowest BCUT2D eigenvalue weighted by Gasteiger charge is -2.49. The lowest BCUT2D eigenvalue weighted by atomic mass is 9.64. The van der Waals surface area contributed by atoms with Gasteiger partial charge in [0.15, 0.2) is 0 Å². The van der Waals surface area contributed by atoms with Gasteiger partial charge in [-0.2, -0.15) is 0 Å². The van der Waals surface area contributed by atoms with Crippen molar-refractivity contribution in [2.45, 2.75) is 46.3 Å². The second-order valence-corrected chi connectivity index (χ2v) is 5.94. The number of carbonyl (C=O) groups is 1. The molecule has 104 valence electrons. The molecule has 2 unspecified atom stereocenters. The van der Waals surface area contributed by atoms with E-state index in [-0.39, 0.29) is 28.5 Å². The third kappa shape index (κ3) is 2.30. The highest BCUT2D eigenvalue weighted by Crippen LogP contribution is 2.40. The van der Waals surface area contributed by atoms with Crippen molar-refractivity contribution in [2.24, 2.45) is 5.41 Å². The first-order valence-electron chi connectivity index (χ1n) is 6.43. The number of carbonyl (C=O) groups excluding carboxylic acids is 1. The summed E-state index contributed by atoms with van der Waals surface area (Å²) in [4.78, 5) is 26.7. The van der Waals surface area contributed by atoms with E-state index in [9.17, 15) is 14.7 Å². The number of rotatable bonds is 2. The lowest BCUT2D eigenvalue weighted by Crippen LogP contribution is -2.61. The monoisotopic (exact) mass is 264 g/mol. The highest BCUT2D eigenvalue weighted by Gasteiger charge is 2.48. The number of aliphatic hydroxyl groups excluding tert-OH is 1. The Hall–Kier alpha value is -1.62. The Morgan fingerprint density at radius 1 is 1.47 bits per heavy atom. The summed E-state index contributed by atoms with van der Waals surface area (Å²) < 4.78 is 0. The predicted octanol–water partition coefficient (Wildman–Crippen LogP) is 0.881. The zero-order valence-electron chi connectivity index (χ0n) is 11.7. The molecule has 0 aliphatic heterocycles. The van der Waals surface area contributed by atoms with Gasteiger partial charge < -0.3 is 15.4 Å². The summed E-state index contributed by atoms with van der Waals surface area (Å²) in [5.74, 6) is -0.372. The molecule has 5 heteroatoms. The molecular formula is C14H20N2O3. The maximum absolute atomic E-state index is 12.2. The van der Waals surface area contributed by atoms with Gasteiger partial charge >= 0.3 is 0 Å². The Morgan fingerprint density at radius 2 is 2.11 bits per heavy atom. The Bertz CT molecular complexity index is 575. The van der Waals surface area contributed by atoms with Gasteiger partial charge in [-0.15, -0.1) is 0 Å². The second-order valence-electron chi connectivity index (χ2n) is 5.94. The first kappa shape index (κ1) is 13.8. The minimum absolute atomic E-state index is 0.102. The summed E-state index contributed by atoms with van der Waals surface area (Å²) in [6.07, 6.45) is 0.122. The van der Waals surface area contributed by atoms with Crippen molar-refractivity contribution in [3.8, 4) is 0 Å². The molecule has 1 saturated carbocycles. The fourth-order valence-electron chi connectivity index (χ4n) is 2.51. The van der Waals surface area contributed by atoms with Gasteiger partial charge in [-0.1, -0.05) is 13.8 Å². The number of aliphatic hydroxyl groups is 1. The molecule has 1 aromatic rings. The van der Waals surface area contributed by atoms with Crippen LogP contribution in [0.2, 0.25) is 0 Å². The largest absolute Gasteiger partial charge is 0.392 e. The molecule has 0 spiro atoms. The summed E-state index contributed by atoms with van der Waals surface area (Å²) in [5, 5.41) is 12.5. The highest BCUT2D eigenvalue weighted by atomic mass is 16.3. The number of H-pyrrole nitrogens is 1. The number of nitrogens with one attached hydrogen (secondary N) is 2. The van der Waals surface area contributed by atoms with Crippen LogP contribution in [0.4, 0.5) is 0 Å². The van der Waals surface area contributed by atoms with Crippen LogP contribution in [0, 0.1) is 19.3 Å². The van der Waals surface area contributed by atoms with Crippen molar-refractivity contribution in [3.05, 3.63) is 33.2 Å². The van der Waals surface area contributed by atoms with Crippen LogP contribution < -0.4 is 10.9 Å². The van der Waals surface area contributed by atoms with Crippen LogP contribution in [0.3, 0.4) is 0 Å². The van der Waals surface area contributed by atoms with Crippen molar-refractivity contribution in [3.63, 3.8) is 0 Å². The van der Waals surface area contributed by atoms with Crippen LogP contribution in [0.1, 0.15) is 41.9 Å². The van der Waals surface area contributed by atoms with Crippen LogP contribution in [-0.2, 0) is 0 Å². The first-order valence-corrected chi connectivity index (χ1v) is 6.43. The number of hydrogen-bond acceptors (Lipinski definition) is 3. The van der Waals surface area contributed by atoms with Crippen molar-refractivity contribution in [1.29, 1.82) is 0 Å². The molecule has 0 bridgehead atoms. The molecule has 2 rings (SSSR count). The van der Waals surface area contributed by atoms with Gasteiger partial charge in [-0.25, -0.2) is 0 Å². The van der Waals surface area contributed by atoms with Crippen molar-refractivity contribution >= 4 is 5.91 Å². The van der Waals surface area contributed by atoms with Gasteiger partial charge in [-0.05, 0) is 31.9 Å². The number of aromatic nitrogens is 1. The van der Waals surface area contributed by atoms with Gasteiger partial charge in [0.1, 0.15) is 5.56 Å². The van der Waals surface area contributed by atoms with E-state index in [1.165, 1.54) is 0 Å². The quantitative estimate of drug-likeness (QED) is 0.741. The lowest BCUT2D eigenvalue weighted by molar-refractivity contribution is -0.0689. The summed E-state index contributed by atoms with van der Waals surface area (Å²) in [6, 6.07) is 1.67. The van der Waals surface area contributed by atoms with Crippen molar-refractivity contribution in [2.75, 3.05) is 0 Å². The molecular weight excluding hydrogens is 244 g/mol. The van der Waals surface area contributed by atoms with Crippen LogP contribution >= 0.6 is 0 Å². The Labute approximate surface area is 112 Å². The molecule has 1 heterocycles. The zero-order valence-corrected chi connectivity index (χ0v) is 11.7. The third-order valence-electron chi connectivity index (χ3n) is 4.11. The molecule has 3 N–H and O–H groups in total. The van der Waals surface area contributed by atoms with Gasteiger partial charge in [0.2, 0.25) is 0 Å². The van der Waals surface area contributed by atoms with E-state index in [0.717, 1.165) is 5.69 Å². The smallest absolute Gasteiger partial charge is 0.261 e. The molecule has 1 fully saturated rings. The summed E-state index contributed by atoms with van der Waals surface area (Å²) >= 11 is 0. The van der Waals surface area contributed by atoms with Gasteiger partial charge in [0.05, 0.1) is 6.10 Å². The van der Waals surface area contributed by atoms with E-state index >= 15 is 0 Å². The normalized spacial score (nSPS) is 24.7. The number of amides is 1. The summed E-state index contributed by atoms with van der Waals surface area (Å²) in [6.45, 7) is 7.33. The van der Waals surface area contributed by atoms with E-state index in [4.69, 9.17) is 0 Å². The van der Waals surface area contributed by atoms with Crippen LogP contribution in [0.5, 0.6) is 0 Å². The van der Waals surface area contributed by atoms with Crippen LogP contribution in [0.15, 0.2) is 10.9 Å². The van der Waals surface area contributed by atoms with Crippen LogP contribution in [0.25, 0.3) is 0 Å². The minimum atomic E-state index is -0.407. The molecule has 1 aromatic heterocycles. The summed E-state index contributed by atoms with van der Waals surface area (Å²) in [7, 11) is 0. The van der Waals surface area contributed by atoms with Gasteiger partial charge in [0.25, 0.3) is 11.5 Å². The van der Waals surface area contributed by atoms with E-state index in [2.05, 4.69) is 10.3 Å². The molecule has 1 amide bonds. The van der Waals surface area contributed by atoms with E-state index < -0.39 is 6.10 Å². The van der Waals surface area contributed by atoms with Crippen LogP contribution in [-0.4, -0.2) is 28.1 Å². The fourth-order valence-corrected chi connectivity index (χ4v) is 2.51. The number of aromatic amines is 1. The molecule has 0 aromatic carbocycles. The van der Waals surface area contributed by atoms with Gasteiger partial charge in [-0.3, -0.25) is 9.59 Å². The topological polar surface area (TPSA) is 82.2 Å². The minimum Gasteiger partial charge on any atom is -0.392 e. The Kier molecular flexibility index (Phi) is 3.26. The average molecular weight is 264 g/mol. The molecule has 1 aliphatic carbocycles. The molecule has 5 nitrogen and oxygen atoms in total. The molecule has 19 heavy (non-hydrogen) atoms. The van der Waals surface area contributed by atoms with Gasteiger partial charge in [0, 0.05) is 17.2 Å². The second kappa shape index (κ2) is 4.49. The number of aryl methyl sites for hydroxylation is 2. The van der Waals surface area contributed by atoms with E-state index in [1.54, 1.807) is 19.9 Å². The number of pyridine rings is 1. The first-order chi connectivity index (χ1) is 8.73. The zero-order chi connectivity index (χ0) is 14.4. The highest BCUT2D eigenvalue weighted by molar-refractivity contribution is 5.95. The number of hydrogen-bond donors (Lipinski definition) is 3. The average Bonchev–Trinajstić information content (AvgIpc) is 2.27. The maximum atomic E-state index is 12.2. The summed E-state index contributed by atoms with van der Waals surface area (Å²) in [5.41, 5.74) is 0.839. The Balaban J connectivity index is 2.21. The fraction of sp³-hybridized carbons (Fsp3) is 0.571.